The van der Waals surface area contributed by atoms with Crippen LogP contribution in [0, 0.1) is 0 Å². The minimum absolute atomic E-state index is 0.0477. The zero-order valence-electron chi connectivity index (χ0n) is 14.8. The average Bonchev–Trinajstić information content (AvgIpc) is 2.95. The Morgan fingerprint density at radius 3 is 2.88 bits per heavy atom. The lowest BCUT2D eigenvalue weighted by atomic mass is 9.92. The Morgan fingerprint density at radius 2 is 2.19 bits per heavy atom. The third-order valence-electron chi connectivity index (χ3n) is 4.55. The van der Waals surface area contributed by atoms with Crippen LogP contribution in [0.15, 0.2) is 24.3 Å². The first-order valence-electron chi connectivity index (χ1n) is 8.43. The minimum Gasteiger partial charge on any atom is -0.443 e. The van der Waals surface area contributed by atoms with E-state index in [2.05, 4.69) is 5.48 Å². The van der Waals surface area contributed by atoms with Gasteiger partial charge in [-0.3, -0.25) is 9.69 Å². The van der Waals surface area contributed by atoms with Crippen molar-refractivity contribution in [2.24, 2.45) is 0 Å². The number of carbonyl (C=O) groups excluding carboxylic acids is 2. The molecular formula is C19H19ClN2O4. The largest absolute Gasteiger partial charge is 0.443 e. The van der Waals surface area contributed by atoms with Gasteiger partial charge < -0.3 is 9.57 Å². The Labute approximate surface area is 156 Å². The highest BCUT2D eigenvalue weighted by atomic mass is 35.5. The Morgan fingerprint density at radius 1 is 1.42 bits per heavy atom. The number of rotatable bonds is 1. The Bertz CT molecular complexity index is 935. The van der Waals surface area contributed by atoms with E-state index in [0.717, 1.165) is 16.3 Å². The van der Waals surface area contributed by atoms with Crippen LogP contribution in [0.5, 0.6) is 5.75 Å². The van der Waals surface area contributed by atoms with E-state index in [1.807, 2.05) is 32.9 Å². The third-order valence-corrected chi connectivity index (χ3v) is 4.92. The fourth-order valence-electron chi connectivity index (χ4n) is 3.56. The summed E-state index contributed by atoms with van der Waals surface area (Å²) in [5.41, 5.74) is 4.01. The van der Waals surface area contributed by atoms with E-state index in [0.29, 0.717) is 29.4 Å². The highest BCUT2D eigenvalue weighted by molar-refractivity contribution is 6.19. The molecule has 1 N–H and O–H groups in total. The lowest BCUT2D eigenvalue weighted by molar-refractivity contribution is 0.0581. The number of carbonyl (C=O) groups is 2. The normalized spacial score (nSPS) is 18.4. The van der Waals surface area contributed by atoms with E-state index in [1.165, 1.54) is 0 Å². The van der Waals surface area contributed by atoms with Crippen LogP contribution in [0.4, 0.5) is 10.5 Å². The van der Waals surface area contributed by atoms with Gasteiger partial charge in [0.15, 0.2) is 5.75 Å². The molecular weight excluding hydrogens is 356 g/mol. The van der Waals surface area contributed by atoms with Crippen molar-refractivity contribution in [3.05, 3.63) is 35.4 Å². The van der Waals surface area contributed by atoms with E-state index >= 15 is 0 Å². The van der Waals surface area contributed by atoms with E-state index in [-0.39, 0.29) is 11.8 Å². The number of hydroxylamine groups is 1. The van der Waals surface area contributed by atoms with Gasteiger partial charge in [-0.05, 0) is 37.8 Å². The number of hydrogen-bond donors (Lipinski definition) is 1. The van der Waals surface area contributed by atoms with Gasteiger partial charge in [0.05, 0.1) is 11.3 Å². The molecule has 0 fully saturated rings. The fraction of sp³-hybridized carbons (Fsp3) is 0.368. The number of benzene rings is 2. The molecule has 2 aromatic rings. The summed E-state index contributed by atoms with van der Waals surface area (Å²) in [6.45, 7) is 5.92. The van der Waals surface area contributed by atoms with E-state index in [9.17, 15) is 9.59 Å². The molecule has 4 rings (SSSR count). The van der Waals surface area contributed by atoms with Crippen LogP contribution in [-0.4, -0.2) is 30.0 Å². The van der Waals surface area contributed by atoms with Crippen molar-refractivity contribution >= 4 is 40.1 Å². The van der Waals surface area contributed by atoms with Crippen LogP contribution < -0.4 is 15.2 Å². The molecule has 0 saturated carbocycles. The Kier molecular flexibility index (Phi) is 3.77. The van der Waals surface area contributed by atoms with Gasteiger partial charge in [-0.1, -0.05) is 12.1 Å². The van der Waals surface area contributed by atoms with Crippen LogP contribution in [-0.2, 0) is 4.74 Å². The monoisotopic (exact) mass is 374 g/mol. The van der Waals surface area contributed by atoms with Gasteiger partial charge in [-0.2, -0.15) is 5.48 Å². The summed E-state index contributed by atoms with van der Waals surface area (Å²) in [6, 6.07) is 7.29. The molecule has 0 aliphatic carbocycles. The number of ether oxygens (including phenoxy) is 1. The molecule has 0 spiro atoms. The number of hydrogen-bond acceptors (Lipinski definition) is 4. The van der Waals surface area contributed by atoms with Gasteiger partial charge in [0.1, 0.15) is 5.60 Å². The number of anilines is 1. The second-order valence-electron chi connectivity index (χ2n) is 7.51. The zero-order chi connectivity index (χ0) is 18.6. The van der Waals surface area contributed by atoms with Gasteiger partial charge in [-0.25, -0.2) is 4.79 Å². The topological polar surface area (TPSA) is 67.9 Å². The lowest BCUT2D eigenvalue weighted by Crippen LogP contribution is -2.36. The summed E-state index contributed by atoms with van der Waals surface area (Å²) in [7, 11) is 0. The summed E-state index contributed by atoms with van der Waals surface area (Å²) >= 11 is 6.21. The second-order valence-corrected chi connectivity index (χ2v) is 7.82. The molecule has 136 valence electrons. The van der Waals surface area contributed by atoms with Gasteiger partial charge in [0, 0.05) is 29.8 Å². The number of nitrogens with one attached hydrogen (secondary N) is 1. The first kappa shape index (κ1) is 17.0. The van der Waals surface area contributed by atoms with Crippen LogP contribution in [0.3, 0.4) is 0 Å². The number of amides is 2. The fourth-order valence-corrected chi connectivity index (χ4v) is 3.81. The van der Waals surface area contributed by atoms with Crippen molar-refractivity contribution in [2.45, 2.75) is 32.3 Å². The predicted molar refractivity (Wildman–Crippen MR) is 99.1 cm³/mol. The molecule has 2 aliphatic rings. The van der Waals surface area contributed by atoms with E-state index in [4.69, 9.17) is 21.2 Å². The third kappa shape index (κ3) is 2.56. The highest BCUT2D eigenvalue weighted by Crippen LogP contribution is 2.47. The van der Waals surface area contributed by atoms with Crippen molar-refractivity contribution in [3.63, 3.8) is 0 Å². The molecule has 0 unspecified atom stereocenters. The minimum atomic E-state index is -0.598. The average molecular weight is 375 g/mol. The highest BCUT2D eigenvalue weighted by Gasteiger charge is 2.38. The number of alkyl halides is 1. The molecule has 2 heterocycles. The van der Waals surface area contributed by atoms with Crippen molar-refractivity contribution in [1.82, 2.24) is 5.48 Å². The summed E-state index contributed by atoms with van der Waals surface area (Å²) in [4.78, 5) is 31.8. The zero-order valence-corrected chi connectivity index (χ0v) is 15.5. The Balaban J connectivity index is 1.91. The molecule has 7 heteroatoms. The predicted octanol–water partition coefficient (Wildman–Crippen LogP) is 3.95. The summed E-state index contributed by atoms with van der Waals surface area (Å²) in [5, 5.41) is 1.62. The van der Waals surface area contributed by atoms with Gasteiger partial charge in [-0.15, -0.1) is 11.6 Å². The van der Waals surface area contributed by atoms with Crippen molar-refractivity contribution in [1.29, 1.82) is 0 Å². The van der Waals surface area contributed by atoms with Gasteiger partial charge in [0.25, 0.3) is 5.91 Å². The maximum atomic E-state index is 12.7. The van der Waals surface area contributed by atoms with Crippen LogP contribution in [0.25, 0.3) is 10.8 Å². The summed E-state index contributed by atoms with van der Waals surface area (Å²) in [5.74, 6) is 0.538. The van der Waals surface area contributed by atoms with Crippen molar-refractivity contribution in [3.8, 4) is 5.75 Å². The Hall–Kier alpha value is -2.47. The smallest absolute Gasteiger partial charge is 0.414 e. The first-order chi connectivity index (χ1) is 12.3. The van der Waals surface area contributed by atoms with Crippen LogP contribution in [0.2, 0.25) is 0 Å². The summed E-state index contributed by atoms with van der Waals surface area (Å²) < 4.78 is 5.55. The number of fused-ring (bicyclic) bond motifs is 2. The molecule has 0 radical (unpaired) electrons. The summed E-state index contributed by atoms with van der Waals surface area (Å²) in [6.07, 6.45) is -0.422. The molecule has 0 aromatic heterocycles. The molecule has 6 nitrogen and oxygen atoms in total. The first-order valence-corrected chi connectivity index (χ1v) is 8.97. The SMILES string of the molecule is CC(C)(C)OC(=O)N1C[C@@H](CCl)c2c1cc1c3c(cccc23)C(=O)NO1. The second kappa shape index (κ2) is 5.77. The van der Waals surface area contributed by atoms with Gasteiger partial charge >= 0.3 is 6.09 Å². The maximum absolute atomic E-state index is 12.7. The molecule has 0 saturated heterocycles. The molecule has 2 aliphatic heterocycles. The standard InChI is InChI=1S/C19H19ClN2O4/c1-19(2,3)25-18(24)22-9-10(8-20)15-11-5-4-6-12-16(11)14(7-13(15)22)26-21-17(12)23/h4-7,10H,8-9H2,1-3H3,(H,21,23)/t10-/m1/s1. The van der Waals surface area contributed by atoms with Crippen LogP contribution in [0.1, 0.15) is 42.6 Å². The lowest BCUT2D eigenvalue weighted by Gasteiger charge is -2.26. The molecule has 2 aromatic carbocycles. The molecule has 26 heavy (non-hydrogen) atoms. The van der Waals surface area contributed by atoms with Crippen molar-refractivity contribution < 1.29 is 19.2 Å². The van der Waals surface area contributed by atoms with E-state index in [1.54, 1.807) is 17.0 Å². The molecule has 0 bridgehead atoms. The van der Waals surface area contributed by atoms with Crippen LogP contribution >= 0.6 is 11.6 Å². The van der Waals surface area contributed by atoms with Gasteiger partial charge in [0.2, 0.25) is 0 Å². The maximum Gasteiger partial charge on any atom is 0.414 e. The number of nitrogens with zero attached hydrogens (tertiary/aromatic N) is 1. The molecule has 2 amide bonds. The van der Waals surface area contributed by atoms with Crippen molar-refractivity contribution in [2.75, 3.05) is 17.3 Å². The number of halogens is 1. The quantitative estimate of drug-likeness (QED) is 0.767. The van der Waals surface area contributed by atoms with E-state index < -0.39 is 11.7 Å². The molecule has 1 atom stereocenters.